The summed E-state index contributed by atoms with van der Waals surface area (Å²) in [6, 6.07) is 20.6. The molecule has 4 unspecified atom stereocenters. The van der Waals surface area contributed by atoms with E-state index in [2.05, 4.69) is 36.4 Å². The predicted molar refractivity (Wildman–Crippen MR) is 141 cm³/mol. The maximum atomic E-state index is 14.2. The minimum atomic E-state index is -0.318. The second-order valence-corrected chi connectivity index (χ2v) is 10.8. The third-order valence-electron chi connectivity index (χ3n) is 8.54. The number of allylic oxidation sites excluding steroid dienone is 2. The number of amides is 2. The molecule has 0 radical (unpaired) electrons. The van der Waals surface area contributed by atoms with Crippen LogP contribution in [0.25, 0.3) is 0 Å². The molecule has 2 aromatic rings. The van der Waals surface area contributed by atoms with Crippen molar-refractivity contribution in [1.29, 1.82) is 0 Å². The second kappa shape index (κ2) is 11.4. The Balaban J connectivity index is 1.47. The Morgan fingerprint density at radius 3 is 1.29 bits per heavy atom. The van der Waals surface area contributed by atoms with Gasteiger partial charge < -0.3 is 0 Å². The summed E-state index contributed by atoms with van der Waals surface area (Å²) in [6.07, 6.45) is 17.5. The molecule has 0 aromatic heterocycles. The molecule has 2 aliphatic carbocycles. The molecule has 3 heteroatoms. The number of rotatable bonds is 3. The van der Waals surface area contributed by atoms with Gasteiger partial charge in [0.25, 0.3) is 0 Å². The number of imide groups is 1. The molecule has 1 saturated heterocycles. The van der Waals surface area contributed by atoms with Gasteiger partial charge in [-0.25, -0.2) is 0 Å². The largest absolute Gasteiger partial charge is 0.279 e. The molecular formula is C32H39NO2. The third kappa shape index (κ3) is 5.15. The van der Waals surface area contributed by atoms with Gasteiger partial charge in [0.2, 0.25) is 11.8 Å². The Labute approximate surface area is 210 Å². The predicted octanol–water partition coefficient (Wildman–Crippen LogP) is 7.40. The molecule has 35 heavy (non-hydrogen) atoms. The van der Waals surface area contributed by atoms with Crippen LogP contribution >= 0.6 is 0 Å². The van der Waals surface area contributed by atoms with Crippen molar-refractivity contribution in [1.82, 2.24) is 4.90 Å². The van der Waals surface area contributed by atoms with Crippen LogP contribution in [0, 0.1) is 11.8 Å². The highest BCUT2D eigenvalue weighted by molar-refractivity contribution is 6.07. The Hall–Kier alpha value is -2.68. The summed E-state index contributed by atoms with van der Waals surface area (Å²) >= 11 is 0. The zero-order valence-corrected chi connectivity index (χ0v) is 20.9. The normalized spacial score (nSPS) is 28.9. The topological polar surface area (TPSA) is 37.4 Å². The van der Waals surface area contributed by atoms with Crippen LogP contribution in [0.5, 0.6) is 0 Å². The van der Waals surface area contributed by atoms with Crippen LogP contribution in [-0.4, -0.2) is 22.8 Å². The molecule has 3 aliphatic rings. The van der Waals surface area contributed by atoms with Crippen LogP contribution in [0.4, 0.5) is 0 Å². The van der Waals surface area contributed by atoms with Gasteiger partial charge >= 0.3 is 0 Å². The van der Waals surface area contributed by atoms with E-state index in [4.69, 9.17) is 0 Å². The van der Waals surface area contributed by atoms with Crippen molar-refractivity contribution in [2.45, 2.75) is 88.5 Å². The number of carbonyl (C=O) groups excluding carboxylic acids is 2. The van der Waals surface area contributed by atoms with E-state index in [1.807, 2.05) is 36.4 Å². The number of likely N-dealkylation sites (tertiary alicyclic amines) is 1. The summed E-state index contributed by atoms with van der Waals surface area (Å²) in [4.78, 5) is 30.1. The van der Waals surface area contributed by atoms with Crippen molar-refractivity contribution in [3.63, 3.8) is 0 Å². The lowest BCUT2D eigenvalue weighted by Crippen LogP contribution is -2.41. The van der Waals surface area contributed by atoms with Crippen molar-refractivity contribution in [2.75, 3.05) is 0 Å². The molecule has 2 aromatic carbocycles. The first-order valence-electron chi connectivity index (χ1n) is 13.9. The van der Waals surface area contributed by atoms with Gasteiger partial charge in [0, 0.05) is 17.9 Å². The van der Waals surface area contributed by atoms with Gasteiger partial charge in [0.05, 0.1) is 11.8 Å². The third-order valence-corrected chi connectivity index (χ3v) is 8.54. The van der Waals surface area contributed by atoms with E-state index in [0.29, 0.717) is 0 Å². The Morgan fingerprint density at radius 1 is 0.514 bits per heavy atom. The average Bonchev–Trinajstić information content (AvgIpc) is 3.15. The van der Waals surface area contributed by atoms with Gasteiger partial charge in [-0.1, -0.05) is 131 Å². The molecule has 0 bridgehead atoms. The van der Waals surface area contributed by atoms with Gasteiger partial charge in [0.15, 0.2) is 0 Å². The molecule has 2 fully saturated rings. The molecule has 0 spiro atoms. The molecule has 4 atom stereocenters. The van der Waals surface area contributed by atoms with Gasteiger partial charge in [-0.05, 0) is 24.0 Å². The Morgan fingerprint density at radius 2 is 0.886 bits per heavy atom. The summed E-state index contributed by atoms with van der Waals surface area (Å²) in [6.45, 7) is 0. The lowest BCUT2D eigenvalue weighted by atomic mass is 9.68. The Bertz CT molecular complexity index is 935. The summed E-state index contributed by atoms with van der Waals surface area (Å²) in [7, 11) is 0. The molecule has 184 valence electrons. The average molecular weight is 470 g/mol. The highest BCUT2D eigenvalue weighted by atomic mass is 16.2. The van der Waals surface area contributed by atoms with Crippen molar-refractivity contribution in [3.05, 3.63) is 83.9 Å². The number of hydrogen-bond acceptors (Lipinski definition) is 2. The van der Waals surface area contributed by atoms with Crippen molar-refractivity contribution >= 4 is 11.8 Å². The van der Waals surface area contributed by atoms with Crippen LogP contribution in [0.2, 0.25) is 0 Å². The van der Waals surface area contributed by atoms with Crippen molar-refractivity contribution < 1.29 is 9.59 Å². The maximum Gasteiger partial charge on any atom is 0.234 e. The summed E-state index contributed by atoms with van der Waals surface area (Å²) in [5.74, 6) is -0.599. The number of fused-ring (bicyclic) bond motifs is 1. The standard InChI is InChI=1S/C32H39NO2/c34-31-29-27(24-16-10-8-11-17-24)22-23-28(25-18-12-9-13-19-25)30(29)32(35)33(31)26-20-14-6-4-2-1-3-5-7-15-21-26/h8-13,16-19,22-23,26-30H,1-7,14-15,20-21H2. The Kier molecular flexibility index (Phi) is 7.81. The second-order valence-electron chi connectivity index (χ2n) is 10.8. The van der Waals surface area contributed by atoms with Crippen LogP contribution in [0.1, 0.15) is 93.6 Å². The van der Waals surface area contributed by atoms with Gasteiger partial charge in [-0.2, -0.15) is 0 Å². The van der Waals surface area contributed by atoms with Gasteiger partial charge in [0.1, 0.15) is 0 Å². The van der Waals surface area contributed by atoms with Gasteiger partial charge in [-0.15, -0.1) is 0 Å². The molecule has 5 rings (SSSR count). The summed E-state index contributed by atoms with van der Waals surface area (Å²) < 4.78 is 0. The zero-order valence-electron chi connectivity index (χ0n) is 20.9. The maximum absolute atomic E-state index is 14.2. The van der Waals surface area contributed by atoms with Gasteiger partial charge in [-0.3, -0.25) is 14.5 Å². The molecule has 1 saturated carbocycles. The first kappa shape index (κ1) is 24.0. The van der Waals surface area contributed by atoms with Crippen LogP contribution < -0.4 is 0 Å². The van der Waals surface area contributed by atoms with E-state index in [1.54, 1.807) is 4.90 Å². The lowest BCUT2D eigenvalue weighted by molar-refractivity contribution is -0.143. The first-order chi connectivity index (χ1) is 17.3. The SMILES string of the molecule is O=C1C2C(c3ccccc3)C=CC(c3ccccc3)C2C(=O)N1C1CCCCCCCCCCC1. The fraction of sp³-hybridized carbons (Fsp3) is 0.500. The smallest absolute Gasteiger partial charge is 0.234 e. The number of hydrogen-bond donors (Lipinski definition) is 0. The number of nitrogens with zero attached hydrogens (tertiary/aromatic N) is 1. The minimum absolute atomic E-state index is 0.0474. The van der Waals surface area contributed by atoms with E-state index < -0.39 is 0 Å². The quantitative estimate of drug-likeness (QED) is 0.347. The summed E-state index contributed by atoms with van der Waals surface area (Å²) in [5.41, 5.74) is 2.26. The molecule has 1 heterocycles. The van der Waals surface area contributed by atoms with E-state index in [0.717, 1.165) is 36.8 Å². The van der Waals surface area contributed by atoms with Crippen LogP contribution in [0.15, 0.2) is 72.8 Å². The molecular weight excluding hydrogens is 430 g/mol. The molecule has 1 aliphatic heterocycles. The summed E-state index contributed by atoms with van der Waals surface area (Å²) in [5, 5.41) is 0. The van der Waals surface area contributed by atoms with E-state index in [1.165, 1.54) is 44.9 Å². The van der Waals surface area contributed by atoms with Crippen molar-refractivity contribution in [3.8, 4) is 0 Å². The molecule has 2 amide bonds. The van der Waals surface area contributed by atoms with E-state index >= 15 is 0 Å². The zero-order chi connectivity index (χ0) is 24.0. The monoisotopic (exact) mass is 469 g/mol. The highest BCUT2D eigenvalue weighted by Crippen LogP contribution is 2.50. The number of carbonyl (C=O) groups is 2. The lowest BCUT2D eigenvalue weighted by Gasteiger charge is -2.32. The number of benzene rings is 2. The highest BCUT2D eigenvalue weighted by Gasteiger charge is 2.56. The van der Waals surface area contributed by atoms with E-state index in [9.17, 15) is 9.59 Å². The fourth-order valence-corrected chi connectivity index (χ4v) is 6.72. The first-order valence-corrected chi connectivity index (χ1v) is 13.9. The van der Waals surface area contributed by atoms with Crippen LogP contribution in [0.3, 0.4) is 0 Å². The van der Waals surface area contributed by atoms with Crippen molar-refractivity contribution in [2.24, 2.45) is 11.8 Å². The fourth-order valence-electron chi connectivity index (χ4n) is 6.72. The molecule has 0 N–H and O–H groups in total. The van der Waals surface area contributed by atoms with E-state index in [-0.39, 0.29) is 41.5 Å². The molecule has 3 nitrogen and oxygen atoms in total. The minimum Gasteiger partial charge on any atom is -0.279 e. The van der Waals surface area contributed by atoms with Crippen LogP contribution in [-0.2, 0) is 9.59 Å².